The van der Waals surface area contributed by atoms with Gasteiger partial charge in [0.2, 0.25) is 0 Å². The Kier molecular flexibility index (Phi) is 5.39. The first-order chi connectivity index (χ1) is 17.6. The van der Waals surface area contributed by atoms with Crippen LogP contribution in [-0.4, -0.2) is 20.7 Å². The summed E-state index contributed by atoms with van der Waals surface area (Å²) in [6.45, 7) is 0.459. The van der Waals surface area contributed by atoms with Crippen molar-refractivity contribution in [2.24, 2.45) is 0 Å². The van der Waals surface area contributed by atoms with Gasteiger partial charge in [0, 0.05) is 45.9 Å². The molecule has 3 heterocycles. The van der Waals surface area contributed by atoms with E-state index in [0.29, 0.717) is 33.8 Å². The van der Waals surface area contributed by atoms with E-state index in [1.54, 1.807) is 12.4 Å². The summed E-state index contributed by atoms with van der Waals surface area (Å²) in [6.07, 6.45) is 11.9. The maximum Gasteiger partial charge on any atom is 0.145 e. The van der Waals surface area contributed by atoms with Crippen LogP contribution in [0.1, 0.15) is 74.3 Å². The third kappa shape index (κ3) is 3.75. The maximum absolute atomic E-state index is 6.79. The van der Waals surface area contributed by atoms with Crippen molar-refractivity contribution in [3.63, 3.8) is 0 Å². The number of hydrogen-bond acceptors (Lipinski definition) is 5. The third-order valence-corrected chi connectivity index (χ3v) is 9.27. The van der Waals surface area contributed by atoms with E-state index in [-0.39, 0.29) is 11.0 Å². The van der Waals surface area contributed by atoms with Crippen molar-refractivity contribution in [1.29, 1.82) is 0 Å². The van der Waals surface area contributed by atoms with E-state index in [1.807, 2.05) is 0 Å². The number of aromatic nitrogens is 3. The average molecular weight is 520 g/mol. The highest BCUT2D eigenvalue weighted by Gasteiger charge is 2.51. The molecule has 3 aromatic heterocycles. The van der Waals surface area contributed by atoms with Crippen LogP contribution in [0.25, 0.3) is 22.2 Å². The van der Waals surface area contributed by atoms with E-state index < -0.39 is 0 Å². The zero-order chi connectivity index (χ0) is 24.3. The molecule has 4 saturated carbocycles. The number of para-hydroxylation sites is 1. The lowest BCUT2D eigenvalue weighted by atomic mass is 9.57. The second-order valence-electron chi connectivity index (χ2n) is 10.8. The first kappa shape index (κ1) is 22.7. The summed E-state index contributed by atoms with van der Waals surface area (Å²) in [5.41, 5.74) is 4.73. The lowest BCUT2D eigenvalue weighted by Crippen LogP contribution is -2.50. The number of rotatable bonds is 6. The largest absolute Gasteiger partial charge is 0.370 e. The van der Waals surface area contributed by atoms with Gasteiger partial charge in [0.1, 0.15) is 11.5 Å². The van der Waals surface area contributed by atoms with E-state index in [4.69, 9.17) is 37.4 Å². The van der Waals surface area contributed by atoms with Crippen LogP contribution in [0.15, 0.2) is 53.3 Å². The third-order valence-electron chi connectivity index (χ3n) is 8.70. The van der Waals surface area contributed by atoms with Gasteiger partial charge in [-0.2, -0.15) is 0 Å². The van der Waals surface area contributed by atoms with Crippen LogP contribution in [-0.2, 0) is 16.8 Å². The van der Waals surface area contributed by atoms with Crippen LogP contribution in [0.4, 0.5) is 0 Å². The molecule has 2 bridgehead atoms. The zero-order valence-electron chi connectivity index (χ0n) is 20.0. The summed E-state index contributed by atoms with van der Waals surface area (Å²) in [6, 6.07) is 12.9. The Morgan fingerprint density at radius 1 is 0.917 bits per heavy atom. The van der Waals surface area contributed by atoms with E-state index >= 15 is 0 Å². The van der Waals surface area contributed by atoms with E-state index in [0.717, 1.165) is 68.2 Å². The molecule has 184 valence electrons. The maximum atomic E-state index is 6.79. The number of pyridine rings is 2. The van der Waals surface area contributed by atoms with Gasteiger partial charge in [-0.15, -0.1) is 0 Å². The topological polar surface area (TPSA) is 61.0 Å². The fourth-order valence-corrected chi connectivity index (χ4v) is 6.84. The second-order valence-corrected chi connectivity index (χ2v) is 11.6. The van der Waals surface area contributed by atoms with Gasteiger partial charge in [0.25, 0.3) is 0 Å². The van der Waals surface area contributed by atoms with Crippen LogP contribution < -0.4 is 0 Å². The predicted octanol–water partition coefficient (Wildman–Crippen LogP) is 8.03. The highest BCUT2D eigenvalue weighted by atomic mass is 35.5. The number of nitrogens with zero attached hydrogens (tertiary/aromatic N) is 3. The lowest BCUT2D eigenvalue weighted by molar-refractivity contribution is -0.127. The Morgan fingerprint density at radius 2 is 1.64 bits per heavy atom. The Morgan fingerprint density at radius 3 is 2.36 bits per heavy atom. The second kappa shape index (κ2) is 8.54. The molecular weight excluding hydrogens is 493 g/mol. The number of fused-ring (bicyclic) bond motifs is 4. The Labute approximate surface area is 220 Å². The number of hydrogen-bond donors (Lipinski definition) is 0. The smallest absolute Gasteiger partial charge is 0.145 e. The van der Waals surface area contributed by atoms with E-state index in [9.17, 15) is 0 Å². The number of benzene rings is 1. The lowest BCUT2D eigenvalue weighted by Gasteiger charge is -2.52. The van der Waals surface area contributed by atoms with Gasteiger partial charge in [-0.1, -0.05) is 52.6 Å². The van der Waals surface area contributed by atoms with Crippen LogP contribution in [0, 0.1) is 0 Å². The van der Waals surface area contributed by atoms with Crippen LogP contribution >= 0.6 is 23.2 Å². The molecule has 8 rings (SSSR count). The molecule has 0 atom stereocenters. The van der Waals surface area contributed by atoms with Crippen molar-refractivity contribution in [2.75, 3.05) is 0 Å². The SMILES string of the molecule is Clc1cncc(Cl)c1-c1noc(C2CC2)c1COC12CCC(c3ccc4ccccc4n3)(CC1)CC2. The van der Waals surface area contributed by atoms with Gasteiger partial charge in [-0.05, 0) is 63.5 Å². The van der Waals surface area contributed by atoms with Gasteiger partial charge in [-0.25, -0.2) is 0 Å². The van der Waals surface area contributed by atoms with Gasteiger partial charge in [-0.3, -0.25) is 9.97 Å². The fraction of sp³-hybridized carbons (Fsp3) is 0.414. The summed E-state index contributed by atoms with van der Waals surface area (Å²) in [7, 11) is 0. The summed E-state index contributed by atoms with van der Waals surface area (Å²) < 4.78 is 12.6. The summed E-state index contributed by atoms with van der Waals surface area (Å²) in [5.74, 6) is 1.33. The van der Waals surface area contributed by atoms with E-state index in [2.05, 4.69) is 46.5 Å². The highest BCUT2D eigenvalue weighted by molar-refractivity contribution is 6.38. The molecule has 4 aromatic rings. The monoisotopic (exact) mass is 519 g/mol. The molecule has 0 N–H and O–H groups in total. The molecular formula is C29H27Cl2N3O2. The minimum absolute atomic E-state index is 0.111. The molecule has 5 nitrogen and oxygen atoms in total. The quantitative estimate of drug-likeness (QED) is 0.258. The molecule has 0 spiro atoms. The number of ether oxygens (including phenoxy) is 1. The molecule has 36 heavy (non-hydrogen) atoms. The van der Waals surface area contributed by atoms with Crippen molar-refractivity contribution < 1.29 is 9.26 Å². The minimum atomic E-state index is -0.111. The van der Waals surface area contributed by atoms with Gasteiger partial charge < -0.3 is 9.26 Å². The molecule has 0 radical (unpaired) electrons. The summed E-state index contributed by atoms with van der Waals surface area (Å²) in [4.78, 5) is 9.18. The zero-order valence-corrected chi connectivity index (χ0v) is 21.5. The molecule has 4 fully saturated rings. The Balaban J connectivity index is 1.13. The van der Waals surface area contributed by atoms with Crippen molar-refractivity contribution >= 4 is 34.1 Å². The molecule has 0 amide bonds. The van der Waals surface area contributed by atoms with Gasteiger partial charge in [0.05, 0.1) is 27.8 Å². The Bertz CT molecular complexity index is 1420. The normalized spacial score (nSPS) is 25.5. The average Bonchev–Trinajstić information content (AvgIpc) is 3.68. The van der Waals surface area contributed by atoms with Crippen LogP contribution in [0.5, 0.6) is 0 Å². The van der Waals surface area contributed by atoms with Gasteiger partial charge in [0.15, 0.2) is 0 Å². The molecule has 0 unspecified atom stereocenters. The minimum Gasteiger partial charge on any atom is -0.370 e. The van der Waals surface area contributed by atoms with Crippen molar-refractivity contribution in [3.8, 4) is 11.3 Å². The van der Waals surface area contributed by atoms with Gasteiger partial charge >= 0.3 is 0 Å². The standard InChI is InChI=1S/C29H27Cl2N3O2/c30-21-15-32-16-22(31)25(21)26-20(27(36-34-26)19-5-6-19)17-35-29-12-9-28(10-13-29,11-14-29)24-8-7-18-3-1-2-4-23(18)33-24/h1-4,7-8,15-16,19H,5-6,9-14,17H2. The summed E-state index contributed by atoms with van der Waals surface area (Å²) >= 11 is 13.0. The first-order valence-corrected chi connectivity index (χ1v) is 13.6. The van der Waals surface area contributed by atoms with Crippen molar-refractivity contribution in [3.05, 3.63) is 75.9 Å². The van der Waals surface area contributed by atoms with Crippen LogP contribution in [0.3, 0.4) is 0 Å². The number of halogens is 2. The molecule has 1 aromatic carbocycles. The Hall–Kier alpha value is -2.47. The first-order valence-electron chi connectivity index (χ1n) is 12.8. The molecule has 0 aliphatic heterocycles. The molecule has 0 saturated heterocycles. The predicted molar refractivity (Wildman–Crippen MR) is 140 cm³/mol. The molecule has 4 aliphatic carbocycles. The summed E-state index contributed by atoms with van der Waals surface area (Å²) in [5, 5.41) is 6.55. The highest BCUT2D eigenvalue weighted by Crippen LogP contribution is 2.55. The molecule has 4 aliphatic rings. The van der Waals surface area contributed by atoms with Crippen LogP contribution in [0.2, 0.25) is 10.0 Å². The molecule has 7 heteroatoms. The van der Waals surface area contributed by atoms with Crippen molar-refractivity contribution in [2.45, 2.75) is 74.9 Å². The van der Waals surface area contributed by atoms with Crippen molar-refractivity contribution in [1.82, 2.24) is 15.1 Å². The fourth-order valence-electron chi connectivity index (χ4n) is 6.30. The van der Waals surface area contributed by atoms with E-state index in [1.165, 1.54) is 11.1 Å².